The molecule has 0 atom stereocenters. The second-order valence-electron chi connectivity index (χ2n) is 4.17. The fraction of sp³-hybridized carbons (Fsp3) is 0.154. The van der Waals surface area contributed by atoms with Gasteiger partial charge >= 0.3 is 5.97 Å². The molecule has 6 nitrogen and oxygen atoms in total. The molecule has 1 aromatic carbocycles. The largest absolute Gasteiger partial charge is 0.477 e. The number of nitrogens with zero attached hydrogens (tertiary/aromatic N) is 1. The van der Waals surface area contributed by atoms with Gasteiger partial charge in [-0.3, -0.25) is 10.1 Å². The van der Waals surface area contributed by atoms with Gasteiger partial charge in [0.1, 0.15) is 5.56 Å². The molecule has 104 valence electrons. The highest BCUT2D eigenvalue weighted by Gasteiger charge is 2.19. The topological polar surface area (TPSA) is 92.5 Å². The first-order valence-corrected chi connectivity index (χ1v) is 6.65. The lowest BCUT2D eigenvalue weighted by atomic mass is 10.1. The second-order valence-corrected chi connectivity index (χ2v) is 5.18. The van der Waals surface area contributed by atoms with Crippen molar-refractivity contribution in [2.75, 3.05) is 5.32 Å². The van der Waals surface area contributed by atoms with Gasteiger partial charge in [-0.1, -0.05) is 0 Å². The van der Waals surface area contributed by atoms with E-state index in [1.54, 1.807) is 11.3 Å². The SMILES string of the molecule is Cc1ccsc1CNc1ccc([N+](=O)[O-])c(C(=O)O)c1. The molecular formula is C13H12N2O4S. The van der Waals surface area contributed by atoms with Gasteiger partial charge in [0.2, 0.25) is 0 Å². The molecule has 2 aromatic rings. The lowest BCUT2D eigenvalue weighted by Gasteiger charge is -2.07. The molecule has 0 amide bonds. The maximum Gasteiger partial charge on any atom is 0.342 e. The Kier molecular flexibility index (Phi) is 3.99. The van der Waals surface area contributed by atoms with Gasteiger partial charge in [0.15, 0.2) is 0 Å². The molecule has 0 saturated heterocycles. The molecule has 0 aliphatic carbocycles. The zero-order valence-electron chi connectivity index (χ0n) is 10.6. The summed E-state index contributed by atoms with van der Waals surface area (Å²) in [5.41, 5.74) is 0.974. The summed E-state index contributed by atoms with van der Waals surface area (Å²) in [6.07, 6.45) is 0. The van der Waals surface area contributed by atoms with Crippen LogP contribution in [-0.2, 0) is 6.54 Å². The molecule has 0 saturated carbocycles. The molecule has 0 aliphatic rings. The van der Waals surface area contributed by atoms with E-state index < -0.39 is 16.6 Å². The summed E-state index contributed by atoms with van der Waals surface area (Å²) < 4.78 is 0. The van der Waals surface area contributed by atoms with Crippen molar-refractivity contribution >= 4 is 28.7 Å². The molecule has 0 spiro atoms. The van der Waals surface area contributed by atoms with Crippen LogP contribution >= 0.6 is 11.3 Å². The average Bonchev–Trinajstić information content (AvgIpc) is 2.81. The molecule has 2 N–H and O–H groups in total. The van der Waals surface area contributed by atoms with Crippen molar-refractivity contribution in [2.24, 2.45) is 0 Å². The molecule has 0 bridgehead atoms. The van der Waals surface area contributed by atoms with E-state index in [9.17, 15) is 14.9 Å². The van der Waals surface area contributed by atoms with E-state index in [1.165, 1.54) is 18.2 Å². The summed E-state index contributed by atoms with van der Waals surface area (Å²) >= 11 is 1.60. The quantitative estimate of drug-likeness (QED) is 0.651. The number of thiophene rings is 1. The van der Waals surface area contributed by atoms with E-state index >= 15 is 0 Å². The van der Waals surface area contributed by atoms with E-state index in [2.05, 4.69) is 5.32 Å². The van der Waals surface area contributed by atoms with E-state index in [0.29, 0.717) is 12.2 Å². The Labute approximate surface area is 118 Å². The molecule has 1 heterocycles. The van der Waals surface area contributed by atoms with Gasteiger partial charge in [0.05, 0.1) is 4.92 Å². The van der Waals surface area contributed by atoms with Crippen LogP contribution in [0, 0.1) is 17.0 Å². The Hall–Kier alpha value is -2.41. The van der Waals surface area contributed by atoms with Gasteiger partial charge in [-0.15, -0.1) is 11.3 Å². The van der Waals surface area contributed by atoms with Crippen molar-refractivity contribution < 1.29 is 14.8 Å². The standard InChI is InChI=1S/C13H12N2O4S/c1-8-4-5-20-12(8)7-14-9-2-3-11(15(18)19)10(6-9)13(16)17/h2-6,14H,7H2,1H3,(H,16,17). The van der Waals surface area contributed by atoms with E-state index in [-0.39, 0.29) is 5.56 Å². The van der Waals surface area contributed by atoms with E-state index in [0.717, 1.165) is 10.4 Å². The molecular weight excluding hydrogens is 280 g/mol. The Morgan fingerprint density at radius 1 is 1.45 bits per heavy atom. The minimum absolute atomic E-state index is 0.317. The van der Waals surface area contributed by atoms with E-state index in [1.807, 2.05) is 18.4 Å². The van der Waals surface area contributed by atoms with Gasteiger partial charge in [0.25, 0.3) is 5.69 Å². The zero-order chi connectivity index (χ0) is 14.7. The number of benzene rings is 1. The van der Waals surface area contributed by atoms with Crippen LogP contribution in [0.1, 0.15) is 20.8 Å². The third-order valence-corrected chi connectivity index (χ3v) is 3.87. The highest BCUT2D eigenvalue weighted by molar-refractivity contribution is 7.10. The fourth-order valence-corrected chi connectivity index (χ4v) is 2.59. The first-order chi connectivity index (χ1) is 9.49. The van der Waals surface area contributed by atoms with Crippen LogP contribution in [0.15, 0.2) is 29.6 Å². The maximum atomic E-state index is 11.0. The summed E-state index contributed by atoms with van der Waals surface area (Å²) in [7, 11) is 0. The predicted octanol–water partition coefficient (Wildman–Crippen LogP) is 3.28. The monoisotopic (exact) mass is 292 g/mol. The average molecular weight is 292 g/mol. The highest BCUT2D eigenvalue weighted by Crippen LogP contribution is 2.24. The van der Waals surface area contributed by atoms with Gasteiger partial charge in [-0.25, -0.2) is 4.79 Å². The Balaban J connectivity index is 2.21. The number of carboxylic acid groups (broad SMARTS) is 1. The third kappa shape index (κ3) is 2.94. The van der Waals surface area contributed by atoms with Gasteiger partial charge in [-0.2, -0.15) is 0 Å². The molecule has 1 aromatic heterocycles. The number of nitro benzene ring substituents is 1. The van der Waals surface area contributed by atoms with Crippen molar-refractivity contribution in [1.82, 2.24) is 0 Å². The predicted molar refractivity (Wildman–Crippen MR) is 76.4 cm³/mol. The first kappa shape index (κ1) is 14.0. The molecule has 2 rings (SSSR count). The van der Waals surface area contributed by atoms with Crippen LogP contribution in [0.5, 0.6) is 0 Å². The summed E-state index contributed by atoms with van der Waals surface area (Å²) in [5.74, 6) is -1.31. The van der Waals surface area contributed by atoms with Gasteiger partial charge < -0.3 is 10.4 Å². The Morgan fingerprint density at radius 3 is 2.75 bits per heavy atom. The van der Waals surface area contributed by atoms with Crippen molar-refractivity contribution in [3.63, 3.8) is 0 Å². The number of rotatable bonds is 5. The second kappa shape index (κ2) is 5.70. The van der Waals surface area contributed by atoms with Crippen LogP contribution in [0.2, 0.25) is 0 Å². The Morgan fingerprint density at radius 2 is 2.20 bits per heavy atom. The van der Waals surface area contributed by atoms with Gasteiger partial charge in [0, 0.05) is 23.2 Å². The number of nitrogens with one attached hydrogen (secondary N) is 1. The Bertz CT molecular complexity index is 666. The minimum Gasteiger partial charge on any atom is -0.477 e. The third-order valence-electron chi connectivity index (χ3n) is 2.84. The number of aryl methyl sites for hydroxylation is 1. The molecule has 0 radical (unpaired) electrons. The minimum atomic E-state index is -1.31. The summed E-state index contributed by atoms with van der Waals surface area (Å²) in [5, 5.41) is 24.8. The molecule has 0 unspecified atom stereocenters. The van der Waals surface area contributed by atoms with Crippen LogP contribution in [0.4, 0.5) is 11.4 Å². The van der Waals surface area contributed by atoms with Crippen LogP contribution in [-0.4, -0.2) is 16.0 Å². The van der Waals surface area contributed by atoms with Crippen molar-refractivity contribution in [3.05, 3.63) is 55.8 Å². The smallest absolute Gasteiger partial charge is 0.342 e. The normalized spacial score (nSPS) is 10.2. The van der Waals surface area contributed by atoms with Crippen LogP contribution < -0.4 is 5.32 Å². The highest BCUT2D eigenvalue weighted by atomic mass is 32.1. The number of carboxylic acids is 1. The van der Waals surface area contributed by atoms with Gasteiger partial charge in [-0.05, 0) is 36.1 Å². The molecule has 0 fully saturated rings. The van der Waals surface area contributed by atoms with Crippen molar-refractivity contribution in [1.29, 1.82) is 0 Å². The summed E-state index contributed by atoms with van der Waals surface area (Å²) in [6.45, 7) is 2.55. The number of hydrogen-bond acceptors (Lipinski definition) is 5. The first-order valence-electron chi connectivity index (χ1n) is 5.77. The summed E-state index contributed by atoms with van der Waals surface area (Å²) in [4.78, 5) is 22.2. The fourth-order valence-electron chi connectivity index (χ4n) is 1.74. The zero-order valence-corrected chi connectivity index (χ0v) is 11.4. The molecule has 7 heteroatoms. The molecule has 0 aliphatic heterocycles. The lowest BCUT2D eigenvalue weighted by molar-refractivity contribution is -0.385. The molecule has 20 heavy (non-hydrogen) atoms. The van der Waals surface area contributed by atoms with E-state index in [4.69, 9.17) is 5.11 Å². The number of carbonyl (C=O) groups is 1. The van der Waals surface area contributed by atoms with Crippen molar-refractivity contribution in [3.8, 4) is 0 Å². The number of nitro groups is 1. The van der Waals surface area contributed by atoms with Crippen molar-refractivity contribution in [2.45, 2.75) is 13.5 Å². The number of anilines is 1. The van der Waals surface area contributed by atoms with Crippen LogP contribution in [0.25, 0.3) is 0 Å². The number of hydrogen-bond donors (Lipinski definition) is 2. The summed E-state index contributed by atoms with van der Waals surface area (Å²) in [6, 6.07) is 5.99. The van der Waals surface area contributed by atoms with Crippen LogP contribution in [0.3, 0.4) is 0 Å². The lowest BCUT2D eigenvalue weighted by Crippen LogP contribution is -2.05. The number of aromatic carboxylic acids is 1. The maximum absolute atomic E-state index is 11.0.